The van der Waals surface area contributed by atoms with E-state index in [0.717, 1.165) is 30.5 Å². The Morgan fingerprint density at radius 3 is 1.36 bits per heavy atom. The van der Waals surface area contributed by atoms with Crippen LogP contribution in [0.15, 0.2) is 106 Å². The molecule has 0 spiro atoms. The Labute approximate surface area is 268 Å². The van der Waals surface area contributed by atoms with Gasteiger partial charge in [0.1, 0.15) is 11.5 Å². The lowest BCUT2D eigenvalue weighted by Crippen LogP contribution is -2.44. The lowest BCUT2D eigenvalue weighted by molar-refractivity contribution is -0.124. The predicted octanol–water partition coefficient (Wildman–Crippen LogP) is 5.20. The molecule has 0 unspecified atom stereocenters. The number of hydrazine groups is 2. The van der Waals surface area contributed by atoms with Gasteiger partial charge in [-0.2, -0.15) is 0 Å². The van der Waals surface area contributed by atoms with E-state index < -0.39 is 23.6 Å². The summed E-state index contributed by atoms with van der Waals surface area (Å²) in [6, 6.07) is 28.2. The van der Waals surface area contributed by atoms with Crippen molar-refractivity contribution in [1.82, 2.24) is 21.7 Å². The molecule has 0 radical (unpaired) electrons. The topological polar surface area (TPSA) is 135 Å². The maximum Gasteiger partial charge on any atom is 0.276 e. The number of carbonyl (C=O) groups excluding carboxylic acids is 4. The van der Waals surface area contributed by atoms with Crippen LogP contribution in [0.1, 0.15) is 20.7 Å². The summed E-state index contributed by atoms with van der Waals surface area (Å²) >= 11 is 6.86. The average molecular weight is 720 g/mol. The zero-order valence-electron chi connectivity index (χ0n) is 22.9. The molecule has 0 atom stereocenters. The maximum atomic E-state index is 12.6. The van der Waals surface area contributed by atoms with Crippen LogP contribution in [-0.4, -0.2) is 36.8 Å². The summed E-state index contributed by atoms with van der Waals surface area (Å²) in [7, 11) is 0. The zero-order valence-corrected chi connectivity index (χ0v) is 26.0. The first-order valence-electron chi connectivity index (χ1n) is 13.2. The minimum atomic E-state index is -0.649. The first kappa shape index (κ1) is 30.5. The lowest BCUT2D eigenvalue weighted by atomic mass is 10.1. The standard InChI is InChI=1S/C32H24Br2N4O6/c33-25-8-4-21-15-27(10-6-19(21)13-25)43-17-29(39)35-37-31(41)23-2-1-3-24(12-23)32(42)38-36-30(40)18-44-28-11-7-20-14-26(34)9-5-22(20)16-28/h1-16H,17-18H2,(H,35,39)(H,36,40)(H,37,41)(H,38,42). The molecule has 4 N–H and O–H groups in total. The second kappa shape index (κ2) is 14.0. The quantitative estimate of drug-likeness (QED) is 0.163. The van der Waals surface area contributed by atoms with E-state index >= 15 is 0 Å². The zero-order chi connectivity index (χ0) is 31.1. The number of amides is 4. The van der Waals surface area contributed by atoms with Crippen molar-refractivity contribution in [2.75, 3.05) is 13.2 Å². The number of hydrogen-bond donors (Lipinski definition) is 4. The minimum absolute atomic E-state index is 0.109. The molecule has 0 aliphatic carbocycles. The molecule has 0 saturated heterocycles. The van der Waals surface area contributed by atoms with Gasteiger partial charge in [-0.25, -0.2) is 0 Å². The van der Waals surface area contributed by atoms with Gasteiger partial charge in [0.2, 0.25) is 0 Å². The van der Waals surface area contributed by atoms with E-state index in [1.54, 1.807) is 12.1 Å². The summed E-state index contributed by atoms with van der Waals surface area (Å²) in [6.07, 6.45) is 0. The van der Waals surface area contributed by atoms with Crippen LogP contribution in [0.5, 0.6) is 11.5 Å². The van der Waals surface area contributed by atoms with Gasteiger partial charge in [0.25, 0.3) is 23.6 Å². The van der Waals surface area contributed by atoms with E-state index in [0.29, 0.717) is 11.5 Å². The first-order valence-corrected chi connectivity index (χ1v) is 14.7. The van der Waals surface area contributed by atoms with E-state index in [9.17, 15) is 19.2 Å². The van der Waals surface area contributed by atoms with Crippen LogP contribution in [0.4, 0.5) is 0 Å². The van der Waals surface area contributed by atoms with Gasteiger partial charge >= 0.3 is 0 Å². The van der Waals surface area contributed by atoms with Crippen LogP contribution in [0.2, 0.25) is 0 Å². The summed E-state index contributed by atoms with van der Waals surface area (Å²) in [5, 5.41) is 3.93. The fraction of sp³-hybridized carbons (Fsp3) is 0.0625. The van der Waals surface area contributed by atoms with Crippen molar-refractivity contribution < 1.29 is 28.7 Å². The molecule has 5 aromatic carbocycles. The van der Waals surface area contributed by atoms with Gasteiger partial charge in [-0.3, -0.25) is 40.9 Å². The van der Waals surface area contributed by atoms with Crippen molar-refractivity contribution in [3.63, 3.8) is 0 Å². The molecule has 0 fully saturated rings. The Bertz CT molecular complexity index is 1770. The third-order valence-corrected chi connectivity index (χ3v) is 7.29. The van der Waals surface area contributed by atoms with Gasteiger partial charge in [0.15, 0.2) is 13.2 Å². The lowest BCUT2D eigenvalue weighted by Gasteiger charge is -2.11. The molecule has 0 aliphatic rings. The van der Waals surface area contributed by atoms with Crippen molar-refractivity contribution >= 4 is 77.0 Å². The molecule has 10 nitrogen and oxygen atoms in total. The van der Waals surface area contributed by atoms with Gasteiger partial charge in [-0.15, -0.1) is 0 Å². The largest absolute Gasteiger partial charge is 0.484 e. The highest BCUT2D eigenvalue weighted by Crippen LogP contribution is 2.25. The second-order valence-corrected chi connectivity index (χ2v) is 11.3. The monoisotopic (exact) mass is 718 g/mol. The van der Waals surface area contributed by atoms with Crippen LogP contribution in [0.3, 0.4) is 0 Å². The number of ether oxygens (including phenoxy) is 2. The number of nitrogens with one attached hydrogen (secondary N) is 4. The van der Waals surface area contributed by atoms with E-state index in [1.807, 2.05) is 60.7 Å². The molecule has 0 saturated carbocycles. The van der Waals surface area contributed by atoms with Gasteiger partial charge in [-0.1, -0.05) is 62.2 Å². The molecular formula is C32H24Br2N4O6. The average Bonchev–Trinajstić information content (AvgIpc) is 3.04. The molecule has 0 heterocycles. The number of hydrogen-bond acceptors (Lipinski definition) is 6. The fourth-order valence-electron chi connectivity index (χ4n) is 4.14. The number of benzene rings is 5. The Balaban J connectivity index is 1.05. The molecule has 5 rings (SSSR count). The fourth-order valence-corrected chi connectivity index (χ4v) is 4.90. The van der Waals surface area contributed by atoms with Crippen LogP contribution in [0.25, 0.3) is 21.5 Å². The van der Waals surface area contributed by atoms with Crippen LogP contribution in [0, 0.1) is 0 Å². The minimum Gasteiger partial charge on any atom is -0.484 e. The van der Waals surface area contributed by atoms with E-state index in [-0.39, 0.29) is 24.3 Å². The predicted molar refractivity (Wildman–Crippen MR) is 172 cm³/mol. The highest BCUT2D eigenvalue weighted by molar-refractivity contribution is 9.10. The van der Waals surface area contributed by atoms with E-state index in [1.165, 1.54) is 24.3 Å². The van der Waals surface area contributed by atoms with Gasteiger partial charge in [0.05, 0.1) is 0 Å². The highest BCUT2D eigenvalue weighted by atomic mass is 79.9. The normalized spacial score (nSPS) is 10.6. The molecule has 0 bridgehead atoms. The summed E-state index contributed by atoms with van der Waals surface area (Å²) in [6.45, 7) is -0.653. The highest BCUT2D eigenvalue weighted by Gasteiger charge is 2.13. The summed E-state index contributed by atoms with van der Waals surface area (Å²) < 4.78 is 13.0. The van der Waals surface area contributed by atoms with Crippen molar-refractivity contribution in [2.45, 2.75) is 0 Å². The van der Waals surface area contributed by atoms with Crippen LogP contribution in [-0.2, 0) is 9.59 Å². The number of fused-ring (bicyclic) bond motifs is 2. The van der Waals surface area contributed by atoms with Crippen molar-refractivity contribution in [3.8, 4) is 11.5 Å². The molecule has 222 valence electrons. The van der Waals surface area contributed by atoms with E-state index in [4.69, 9.17) is 9.47 Å². The summed E-state index contributed by atoms with van der Waals surface area (Å²) in [4.78, 5) is 49.6. The first-order chi connectivity index (χ1) is 21.2. The van der Waals surface area contributed by atoms with Crippen molar-refractivity contribution in [2.24, 2.45) is 0 Å². The third kappa shape index (κ3) is 8.12. The Hall–Kier alpha value is -4.94. The molecule has 4 amide bonds. The van der Waals surface area contributed by atoms with Gasteiger partial charge < -0.3 is 9.47 Å². The number of halogens is 2. The van der Waals surface area contributed by atoms with Crippen molar-refractivity contribution in [1.29, 1.82) is 0 Å². The van der Waals surface area contributed by atoms with Gasteiger partial charge in [-0.05, 0) is 88.3 Å². The molecule has 0 aliphatic heterocycles. The third-order valence-electron chi connectivity index (χ3n) is 6.31. The summed E-state index contributed by atoms with van der Waals surface area (Å²) in [5.74, 6) is -1.45. The number of rotatable bonds is 8. The van der Waals surface area contributed by atoms with Crippen molar-refractivity contribution in [3.05, 3.63) is 117 Å². The Morgan fingerprint density at radius 1 is 0.500 bits per heavy atom. The SMILES string of the molecule is O=C(COc1ccc2cc(Br)ccc2c1)NNC(=O)c1cccc(C(=O)NNC(=O)COc2ccc3cc(Br)ccc3c2)c1. The second-order valence-electron chi connectivity index (χ2n) is 9.47. The Morgan fingerprint density at radius 2 is 0.909 bits per heavy atom. The smallest absolute Gasteiger partial charge is 0.276 e. The maximum absolute atomic E-state index is 12.6. The van der Waals surface area contributed by atoms with Gasteiger partial charge in [0, 0.05) is 20.1 Å². The number of carbonyl (C=O) groups is 4. The van der Waals surface area contributed by atoms with Crippen LogP contribution >= 0.6 is 31.9 Å². The Kier molecular flexibility index (Phi) is 9.72. The van der Waals surface area contributed by atoms with E-state index in [2.05, 4.69) is 53.6 Å². The summed E-state index contributed by atoms with van der Waals surface area (Å²) in [5.41, 5.74) is 9.36. The van der Waals surface area contributed by atoms with Crippen LogP contribution < -0.4 is 31.2 Å². The molecular weight excluding hydrogens is 696 g/mol. The molecule has 44 heavy (non-hydrogen) atoms. The molecule has 5 aromatic rings. The molecule has 12 heteroatoms. The molecule has 0 aromatic heterocycles.